The van der Waals surface area contributed by atoms with E-state index in [1.165, 1.54) is 0 Å². The summed E-state index contributed by atoms with van der Waals surface area (Å²) >= 11 is 0. The first kappa shape index (κ1) is 10.2. The Morgan fingerprint density at radius 1 is 1.43 bits per heavy atom. The zero-order valence-electron chi connectivity index (χ0n) is 9.12. The van der Waals surface area contributed by atoms with Gasteiger partial charge in [0.1, 0.15) is 5.78 Å². The molecule has 2 saturated carbocycles. The van der Waals surface area contributed by atoms with Crippen LogP contribution in [0.15, 0.2) is 0 Å². The first-order valence-corrected chi connectivity index (χ1v) is 5.76. The average molecular weight is 196 g/mol. The molecule has 4 atom stereocenters. The summed E-state index contributed by atoms with van der Waals surface area (Å²) in [5.41, 5.74) is 0.0194. The molecule has 0 spiro atoms. The molecule has 2 aliphatic carbocycles. The number of aliphatic hydroxyl groups is 1. The maximum atomic E-state index is 11.6. The second kappa shape index (κ2) is 3.34. The Hall–Kier alpha value is -0.370. The number of fused-ring (bicyclic) bond motifs is 1. The first-order chi connectivity index (χ1) is 6.55. The van der Waals surface area contributed by atoms with Gasteiger partial charge in [-0.05, 0) is 30.6 Å². The fourth-order valence-electron chi connectivity index (χ4n) is 3.46. The maximum Gasteiger partial charge on any atom is 0.136 e. The normalized spacial score (nSPS) is 48.8. The number of aliphatic hydroxyl groups excluding tert-OH is 1. The van der Waals surface area contributed by atoms with E-state index in [2.05, 4.69) is 6.92 Å². The molecule has 0 aliphatic heterocycles. The SMILES string of the molecule is CC1C(=O)CC[C@@]2(C)C1CCC[C@@H]2O. The lowest BCUT2D eigenvalue weighted by Crippen LogP contribution is -2.50. The van der Waals surface area contributed by atoms with E-state index in [1.54, 1.807) is 0 Å². The van der Waals surface area contributed by atoms with Crippen LogP contribution in [0.25, 0.3) is 0 Å². The van der Waals surface area contributed by atoms with Gasteiger partial charge in [0, 0.05) is 12.3 Å². The Bertz CT molecular complexity index is 249. The zero-order chi connectivity index (χ0) is 10.3. The van der Waals surface area contributed by atoms with Gasteiger partial charge in [-0.25, -0.2) is 0 Å². The van der Waals surface area contributed by atoms with Crippen molar-refractivity contribution in [3.05, 3.63) is 0 Å². The van der Waals surface area contributed by atoms with Crippen molar-refractivity contribution in [2.24, 2.45) is 17.3 Å². The van der Waals surface area contributed by atoms with E-state index >= 15 is 0 Å². The molecule has 0 heterocycles. The Kier molecular flexibility index (Phi) is 2.42. The lowest BCUT2D eigenvalue weighted by molar-refractivity contribution is -0.140. The van der Waals surface area contributed by atoms with Crippen LogP contribution in [0.2, 0.25) is 0 Å². The van der Waals surface area contributed by atoms with Gasteiger partial charge in [0.2, 0.25) is 0 Å². The summed E-state index contributed by atoms with van der Waals surface area (Å²) in [7, 11) is 0. The van der Waals surface area contributed by atoms with Crippen molar-refractivity contribution < 1.29 is 9.90 Å². The third kappa shape index (κ3) is 1.31. The minimum atomic E-state index is -0.184. The maximum absolute atomic E-state index is 11.6. The molecule has 14 heavy (non-hydrogen) atoms. The monoisotopic (exact) mass is 196 g/mol. The summed E-state index contributed by atoms with van der Waals surface area (Å²) in [6.45, 7) is 4.22. The fraction of sp³-hybridized carbons (Fsp3) is 0.917. The minimum Gasteiger partial charge on any atom is -0.393 e. The molecule has 2 nitrogen and oxygen atoms in total. The van der Waals surface area contributed by atoms with Gasteiger partial charge in [0.15, 0.2) is 0 Å². The second-order valence-electron chi connectivity index (χ2n) is 5.31. The summed E-state index contributed by atoms with van der Waals surface area (Å²) in [4.78, 5) is 11.6. The molecule has 2 rings (SSSR count). The van der Waals surface area contributed by atoms with Crippen molar-refractivity contribution in [3.8, 4) is 0 Å². The van der Waals surface area contributed by atoms with Crippen LogP contribution in [0.5, 0.6) is 0 Å². The Labute approximate surface area is 85.7 Å². The van der Waals surface area contributed by atoms with Crippen molar-refractivity contribution in [1.29, 1.82) is 0 Å². The van der Waals surface area contributed by atoms with E-state index in [0.29, 0.717) is 18.1 Å². The number of hydrogen-bond donors (Lipinski definition) is 1. The van der Waals surface area contributed by atoms with Crippen LogP contribution in [0, 0.1) is 17.3 Å². The van der Waals surface area contributed by atoms with Crippen molar-refractivity contribution >= 4 is 5.78 Å². The van der Waals surface area contributed by atoms with Crippen LogP contribution >= 0.6 is 0 Å². The largest absolute Gasteiger partial charge is 0.393 e. The Morgan fingerprint density at radius 2 is 2.14 bits per heavy atom. The molecule has 2 fully saturated rings. The van der Waals surface area contributed by atoms with Crippen LogP contribution < -0.4 is 0 Å². The van der Waals surface area contributed by atoms with Gasteiger partial charge < -0.3 is 5.11 Å². The Balaban J connectivity index is 2.25. The molecule has 0 bridgehead atoms. The molecule has 1 N–H and O–H groups in total. The molecular weight excluding hydrogens is 176 g/mol. The van der Waals surface area contributed by atoms with Gasteiger partial charge in [0.25, 0.3) is 0 Å². The number of ketones is 1. The summed E-state index contributed by atoms with van der Waals surface area (Å²) in [5, 5.41) is 10.1. The van der Waals surface area contributed by atoms with Gasteiger partial charge in [-0.2, -0.15) is 0 Å². The molecule has 0 amide bonds. The molecule has 0 aromatic heterocycles. The Morgan fingerprint density at radius 3 is 2.86 bits per heavy atom. The highest BCUT2D eigenvalue weighted by atomic mass is 16.3. The van der Waals surface area contributed by atoms with Gasteiger partial charge in [-0.3, -0.25) is 4.79 Å². The topological polar surface area (TPSA) is 37.3 Å². The third-order valence-electron chi connectivity index (χ3n) is 4.62. The predicted octanol–water partition coefficient (Wildman–Crippen LogP) is 2.15. The van der Waals surface area contributed by atoms with Gasteiger partial charge in [0.05, 0.1) is 6.10 Å². The summed E-state index contributed by atoms with van der Waals surface area (Å²) in [6, 6.07) is 0. The number of Topliss-reactive ketones (excluding diaryl/α,β-unsaturated/α-hetero) is 1. The molecule has 80 valence electrons. The van der Waals surface area contributed by atoms with E-state index in [1.807, 2.05) is 6.92 Å². The lowest BCUT2D eigenvalue weighted by atomic mass is 9.55. The number of carbonyl (C=O) groups excluding carboxylic acids is 1. The standard InChI is InChI=1S/C12H20O2/c1-8-9-4-3-5-11(14)12(9,2)7-6-10(8)13/h8-9,11,14H,3-7H2,1-2H3/t8?,9?,11-,12-/m0/s1. The van der Waals surface area contributed by atoms with Crippen LogP contribution in [-0.4, -0.2) is 17.0 Å². The predicted molar refractivity (Wildman–Crippen MR) is 54.9 cm³/mol. The zero-order valence-corrected chi connectivity index (χ0v) is 9.12. The molecule has 2 heteroatoms. The first-order valence-electron chi connectivity index (χ1n) is 5.76. The average Bonchev–Trinajstić information content (AvgIpc) is 2.16. The van der Waals surface area contributed by atoms with Crippen molar-refractivity contribution in [2.75, 3.05) is 0 Å². The van der Waals surface area contributed by atoms with Crippen molar-refractivity contribution in [1.82, 2.24) is 0 Å². The van der Waals surface area contributed by atoms with Crippen LogP contribution in [0.1, 0.15) is 46.0 Å². The molecular formula is C12H20O2. The van der Waals surface area contributed by atoms with Gasteiger partial charge >= 0.3 is 0 Å². The van der Waals surface area contributed by atoms with Crippen LogP contribution in [0.3, 0.4) is 0 Å². The molecule has 2 aliphatic rings. The number of hydrogen-bond acceptors (Lipinski definition) is 2. The number of rotatable bonds is 0. The molecule has 2 unspecified atom stereocenters. The van der Waals surface area contributed by atoms with Crippen molar-refractivity contribution in [2.45, 2.75) is 52.1 Å². The third-order valence-corrected chi connectivity index (χ3v) is 4.62. The van der Waals surface area contributed by atoms with E-state index in [9.17, 15) is 9.90 Å². The highest BCUT2D eigenvalue weighted by Gasteiger charge is 2.49. The number of carbonyl (C=O) groups is 1. The van der Waals surface area contributed by atoms with Gasteiger partial charge in [-0.1, -0.05) is 20.3 Å². The summed E-state index contributed by atoms with van der Waals surface area (Å²) < 4.78 is 0. The van der Waals surface area contributed by atoms with Crippen LogP contribution in [-0.2, 0) is 4.79 Å². The molecule has 0 saturated heterocycles. The van der Waals surface area contributed by atoms with Crippen molar-refractivity contribution in [3.63, 3.8) is 0 Å². The van der Waals surface area contributed by atoms with Crippen LogP contribution in [0.4, 0.5) is 0 Å². The lowest BCUT2D eigenvalue weighted by Gasteiger charge is -2.50. The second-order valence-corrected chi connectivity index (χ2v) is 5.31. The summed E-state index contributed by atoms with van der Waals surface area (Å²) in [5.74, 6) is 0.998. The minimum absolute atomic E-state index is 0.0194. The van der Waals surface area contributed by atoms with E-state index in [0.717, 1.165) is 25.7 Å². The fourth-order valence-corrected chi connectivity index (χ4v) is 3.46. The quantitative estimate of drug-likeness (QED) is 0.644. The van der Waals surface area contributed by atoms with Gasteiger partial charge in [-0.15, -0.1) is 0 Å². The van der Waals surface area contributed by atoms with E-state index in [4.69, 9.17) is 0 Å². The molecule has 0 radical (unpaired) electrons. The molecule has 0 aromatic rings. The smallest absolute Gasteiger partial charge is 0.136 e. The summed E-state index contributed by atoms with van der Waals surface area (Å²) in [6.07, 6.45) is 4.51. The highest BCUT2D eigenvalue weighted by molar-refractivity contribution is 5.82. The van der Waals surface area contributed by atoms with E-state index < -0.39 is 0 Å². The molecule has 0 aromatic carbocycles. The highest BCUT2D eigenvalue weighted by Crippen LogP contribution is 2.51. The van der Waals surface area contributed by atoms with E-state index in [-0.39, 0.29) is 17.4 Å².